The minimum absolute atomic E-state index is 0.00992. The Balaban J connectivity index is 1.77. The number of carbonyl (C=O) groups excluding carboxylic acids is 1. The number of ether oxygens (including phenoxy) is 2. The van der Waals surface area contributed by atoms with Crippen molar-refractivity contribution >= 4 is 6.03 Å². The van der Waals surface area contributed by atoms with Crippen molar-refractivity contribution in [2.75, 3.05) is 40.9 Å². The van der Waals surface area contributed by atoms with Crippen LogP contribution in [0.25, 0.3) is 0 Å². The van der Waals surface area contributed by atoms with Gasteiger partial charge in [-0.25, -0.2) is 4.79 Å². The van der Waals surface area contributed by atoms with Crippen molar-refractivity contribution in [2.24, 2.45) is 0 Å². The second kappa shape index (κ2) is 10.4. The number of benzene rings is 2. The van der Waals surface area contributed by atoms with Crippen LogP contribution in [0.5, 0.6) is 11.5 Å². The van der Waals surface area contributed by atoms with Gasteiger partial charge in [0.25, 0.3) is 0 Å². The van der Waals surface area contributed by atoms with Gasteiger partial charge in [-0.1, -0.05) is 35.9 Å². The Bertz CT molecular complexity index is 717. The van der Waals surface area contributed by atoms with Crippen LogP contribution < -0.4 is 20.1 Å². The summed E-state index contributed by atoms with van der Waals surface area (Å²) in [4.78, 5) is 14.1. The number of methoxy groups -OCH3 is 1. The van der Waals surface area contributed by atoms with Gasteiger partial charge in [0.05, 0.1) is 19.7 Å². The third-order valence-corrected chi connectivity index (χ3v) is 4.25. The molecule has 146 valence electrons. The van der Waals surface area contributed by atoms with Crippen LogP contribution in [0.1, 0.15) is 17.2 Å². The quantitative estimate of drug-likeness (QED) is 0.665. The fourth-order valence-corrected chi connectivity index (χ4v) is 2.73. The molecule has 6 nitrogen and oxygen atoms in total. The third-order valence-electron chi connectivity index (χ3n) is 4.25. The Morgan fingerprint density at radius 1 is 1.07 bits per heavy atom. The Hall–Kier alpha value is -2.73. The second-order valence-electron chi connectivity index (χ2n) is 6.52. The largest absolute Gasteiger partial charge is 0.496 e. The topological polar surface area (TPSA) is 62.8 Å². The maximum Gasteiger partial charge on any atom is 0.314 e. The summed E-state index contributed by atoms with van der Waals surface area (Å²) in [6.07, 6.45) is 0. The molecule has 27 heavy (non-hydrogen) atoms. The molecule has 0 bridgehead atoms. The summed E-state index contributed by atoms with van der Waals surface area (Å²) < 4.78 is 11.0. The standard InChI is InChI=1S/C21H29N3O3/c1-16-9-11-17(12-10-16)27-14-13-22-21(25)23-15-19(24(2)3)18-7-5-6-8-20(18)26-4/h5-12,19H,13-15H2,1-4H3,(H2,22,23,25). The molecule has 2 rings (SSSR count). The van der Waals surface area contributed by atoms with Crippen LogP contribution >= 0.6 is 0 Å². The van der Waals surface area contributed by atoms with Crippen LogP contribution in [0.4, 0.5) is 4.79 Å². The summed E-state index contributed by atoms with van der Waals surface area (Å²) in [5, 5.41) is 5.73. The van der Waals surface area contributed by atoms with E-state index in [1.165, 1.54) is 5.56 Å². The predicted molar refractivity (Wildman–Crippen MR) is 107 cm³/mol. The van der Waals surface area contributed by atoms with Gasteiger partial charge in [-0.2, -0.15) is 0 Å². The normalized spacial score (nSPS) is 11.7. The van der Waals surface area contributed by atoms with Gasteiger partial charge >= 0.3 is 6.03 Å². The molecule has 1 atom stereocenters. The van der Waals surface area contributed by atoms with Gasteiger partial charge in [-0.15, -0.1) is 0 Å². The molecule has 2 N–H and O–H groups in total. The molecule has 1 unspecified atom stereocenters. The molecule has 0 saturated carbocycles. The average Bonchev–Trinajstić information content (AvgIpc) is 2.67. The summed E-state index contributed by atoms with van der Waals surface area (Å²) in [6.45, 7) is 3.35. The lowest BCUT2D eigenvalue weighted by Crippen LogP contribution is -2.41. The number of aryl methyl sites for hydroxylation is 1. The van der Waals surface area contributed by atoms with Crippen molar-refractivity contribution in [2.45, 2.75) is 13.0 Å². The molecule has 0 aromatic heterocycles. The first kappa shape index (κ1) is 20.6. The highest BCUT2D eigenvalue weighted by atomic mass is 16.5. The highest BCUT2D eigenvalue weighted by molar-refractivity contribution is 5.73. The molecule has 0 fully saturated rings. The van der Waals surface area contributed by atoms with Crippen molar-refractivity contribution < 1.29 is 14.3 Å². The van der Waals surface area contributed by atoms with Crippen LogP contribution in [0.3, 0.4) is 0 Å². The summed E-state index contributed by atoms with van der Waals surface area (Å²) in [5.41, 5.74) is 2.22. The number of urea groups is 1. The molecule has 2 aromatic carbocycles. The fourth-order valence-electron chi connectivity index (χ4n) is 2.73. The molecular formula is C21H29N3O3. The van der Waals surface area contributed by atoms with E-state index in [1.807, 2.05) is 69.6 Å². The van der Waals surface area contributed by atoms with Gasteiger partial charge in [-0.3, -0.25) is 0 Å². The van der Waals surface area contributed by atoms with Crippen LogP contribution in [0.2, 0.25) is 0 Å². The zero-order valence-electron chi connectivity index (χ0n) is 16.5. The van der Waals surface area contributed by atoms with E-state index >= 15 is 0 Å². The van der Waals surface area contributed by atoms with Crippen molar-refractivity contribution in [3.05, 3.63) is 59.7 Å². The van der Waals surface area contributed by atoms with E-state index < -0.39 is 0 Å². The molecule has 0 aliphatic carbocycles. The van der Waals surface area contributed by atoms with Crippen molar-refractivity contribution in [3.63, 3.8) is 0 Å². The van der Waals surface area contributed by atoms with E-state index in [0.717, 1.165) is 17.1 Å². The number of hydrogen-bond acceptors (Lipinski definition) is 4. The first-order chi connectivity index (χ1) is 13.0. The van der Waals surface area contributed by atoms with Crippen molar-refractivity contribution in [1.29, 1.82) is 0 Å². The molecular weight excluding hydrogens is 342 g/mol. The Morgan fingerprint density at radius 3 is 2.44 bits per heavy atom. The Morgan fingerprint density at radius 2 is 1.78 bits per heavy atom. The van der Waals surface area contributed by atoms with Gasteiger partial charge in [0, 0.05) is 12.1 Å². The number of rotatable bonds is 9. The van der Waals surface area contributed by atoms with E-state index in [0.29, 0.717) is 19.7 Å². The van der Waals surface area contributed by atoms with E-state index in [1.54, 1.807) is 7.11 Å². The van der Waals surface area contributed by atoms with Crippen LogP contribution in [0.15, 0.2) is 48.5 Å². The van der Waals surface area contributed by atoms with Crippen molar-refractivity contribution in [1.82, 2.24) is 15.5 Å². The monoisotopic (exact) mass is 371 g/mol. The maximum atomic E-state index is 12.1. The van der Waals surface area contributed by atoms with Crippen LogP contribution in [-0.2, 0) is 0 Å². The second-order valence-corrected chi connectivity index (χ2v) is 6.52. The molecule has 0 aliphatic rings. The zero-order chi connectivity index (χ0) is 19.6. The predicted octanol–water partition coefficient (Wildman–Crippen LogP) is 2.98. The minimum atomic E-state index is -0.218. The first-order valence-electron chi connectivity index (χ1n) is 9.01. The number of para-hydroxylation sites is 1. The number of nitrogens with zero attached hydrogens (tertiary/aromatic N) is 1. The third kappa shape index (κ3) is 6.49. The minimum Gasteiger partial charge on any atom is -0.496 e. The zero-order valence-corrected chi connectivity index (χ0v) is 16.5. The molecule has 0 radical (unpaired) electrons. The highest BCUT2D eigenvalue weighted by Crippen LogP contribution is 2.27. The fraction of sp³-hybridized carbons (Fsp3) is 0.381. The molecule has 0 aliphatic heterocycles. The van der Waals surface area contributed by atoms with Gasteiger partial charge < -0.3 is 25.0 Å². The first-order valence-corrected chi connectivity index (χ1v) is 9.01. The van der Waals surface area contributed by atoms with E-state index in [4.69, 9.17) is 9.47 Å². The molecule has 0 saturated heterocycles. The molecule has 6 heteroatoms. The summed E-state index contributed by atoms with van der Waals surface area (Å²) in [7, 11) is 5.61. The molecule has 0 spiro atoms. The molecule has 2 aromatic rings. The Kier molecular flexibility index (Phi) is 7.95. The summed E-state index contributed by atoms with van der Waals surface area (Å²) in [6, 6.07) is 15.5. The number of amides is 2. The summed E-state index contributed by atoms with van der Waals surface area (Å²) in [5.74, 6) is 1.61. The number of hydrogen-bond donors (Lipinski definition) is 2. The lowest BCUT2D eigenvalue weighted by atomic mass is 10.0. The lowest BCUT2D eigenvalue weighted by molar-refractivity contribution is 0.228. The number of carbonyl (C=O) groups is 1. The van der Waals surface area contributed by atoms with Gasteiger partial charge in [0.1, 0.15) is 18.1 Å². The smallest absolute Gasteiger partial charge is 0.314 e. The summed E-state index contributed by atoms with van der Waals surface area (Å²) >= 11 is 0. The van der Waals surface area contributed by atoms with E-state index in [2.05, 4.69) is 15.5 Å². The Labute approximate surface area is 161 Å². The van der Waals surface area contributed by atoms with Gasteiger partial charge in [-0.05, 0) is 39.2 Å². The van der Waals surface area contributed by atoms with Gasteiger partial charge in [0.15, 0.2) is 0 Å². The van der Waals surface area contributed by atoms with Gasteiger partial charge in [0.2, 0.25) is 0 Å². The van der Waals surface area contributed by atoms with Crippen LogP contribution in [0, 0.1) is 6.92 Å². The average molecular weight is 371 g/mol. The van der Waals surface area contributed by atoms with Crippen LogP contribution in [-0.4, -0.2) is 51.8 Å². The SMILES string of the molecule is COc1ccccc1C(CNC(=O)NCCOc1ccc(C)cc1)N(C)C. The maximum absolute atomic E-state index is 12.1. The lowest BCUT2D eigenvalue weighted by Gasteiger charge is -2.26. The number of likely N-dealkylation sites (N-methyl/N-ethyl adjacent to an activating group) is 1. The van der Waals surface area contributed by atoms with Crippen molar-refractivity contribution in [3.8, 4) is 11.5 Å². The molecule has 2 amide bonds. The molecule has 0 heterocycles. The highest BCUT2D eigenvalue weighted by Gasteiger charge is 2.18. The number of nitrogens with one attached hydrogen (secondary N) is 2. The van der Waals surface area contributed by atoms with E-state index in [9.17, 15) is 4.79 Å². The van der Waals surface area contributed by atoms with E-state index in [-0.39, 0.29) is 12.1 Å².